The molecule has 0 aromatic heterocycles. The van der Waals surface area contributed by atoms with Crippen molar-refractivity contribution in [3.05, 3.63) is 65.5 Å². The minimum Gasteiger partial charge on any atom is -0.491 e. The average Bonchev–Trinajstić information content (AvgIpc) is 2.69. The van der Waals surface area contributed by atoms with Gasteiger partial charge in [-0.3, -0.25) is 4.79 Å². The van der Waals surface area contributed by atoms with E-state index in [9.17, 15) is 9.18 Å². The van der Waals surface area contributed by atoms with Crippen molar-refractivity contribution in [2.24, 2.45) is 5.92 Å². The number of amides is 1. The van der Waals surface area contributed by atoms with Crippen LogP contribution in [0.3, 0.4) is 0 Å². The molecule has 0 unspecified atom stereocenters. The van der Waals surface area contributed by atoms with Gasteiger partial charge in [-0.2, -0.15) is 0 Å². The number of benzene rings is 2. The number of rotatable bonds is 8. The van der Waals surface area contributed by atoms with Gasteiger partial charge in [-0.15, -0.1) is 0 Å². The Balaban J connectivity index is 1.71. The second-order valence-corrected chi connectivity index (χ2v) is 8.09. The molecule has 1 aliphatic heterocycles. The van der Waals surface area contributed by atoms with Crippen molar-refractivity contribution in [1.29, 1.82) is 0 Å². The highest BCUT2D eigenvalue weighted by atomic mass is 19.1. The molecule has 1 N–H and O–H groups in total. The largest absolute Gasteiger partial charge is 0.491 e. The third-order valence-corrected chi connectivity index (χ3v) is 5.21. The molecule has 0 spiro atoms. The lowest BCUT2D eigenvalue weighted by Crippen LogP contribution is -2.34. The molecule has 0 atom stereocenters. The molecule has 1 aliphatic rings. The summed E-state index contributed by atoms with van der Waals surface area (Å²) < 4.78 is 19.3. The zero-order valence-electron chi connectivity index (χ0n) is 17.4. The molecular formula is C24H31FN2O2. The van der Waals surface area contributed by atoms with Gasteiger partial charge in [-0.05, 0) is 81.1 Å². The molecule has 4 nitrogen and oxygen atoms in total. The zero-order valence-corrected chi connectivity index (χ0v) is 17.4. The van der Waals surface area contributed by atoms with Gasteiger partial charge in [0.15, 0.2) is 0 Å². The maximum absolute atomic E-state index is 13.6. The van der Waals surface area contributed by atoms with Crippen molar-refractivity contribution >= 4 is 5.91 Å². The first kappa shape index (κ1) is 21.3. The normalized spacial score (nSPS) is 14.8. The summed E-state index contributed by atoms with van der Waals surface area (Å²) in [5.41, 5.74) is 1.85. The SMILES string of the molecule is CC(C)Oc1ccc(CN(Cc2cccc(F)c2)C(=O)CC2CCNCC2)cc1. The van der Waals surface area contributed by atoms with E-state index < -0.39 is 0 Å². The van der Waals surface area contributed by atoms with Crippen LogP contribution in [0.4, 0.5) is 4.39 Å². The third kappa shape index (κ3) is 6.86. The Morgan fingerprint density at radius 2 is 1.79 bits per heavy atom. The van der Waals surface area contributed by atoms with Gasteiger partial charge in [0.05, 0.1) is 6.10 Å². The van der Waals surface area contributed by atoms with E-state index in [0.29, 0.717) is 25.4 Å². The number of nitrogens with one attached hydrogen (secondary N) is 1. The van der Waals surface area contributed by atoms with Gasteiger partial charge in [0.1, 0.15) is 11.6 Å². The second kappa shape index (κ2) is 10.4. The number of ether oxygens (including phenoxy) is 1. The minimum atomic E-state index is -0.275. The Bertz CT molecular complexity index is 786. The molecule has 1 heterocycles. The van der Waals surface area contributed by atoms with Crippen molar-refractivity contribution in [1.82, 2.24) is 10.2 Å². The summed E-state index contributed by atoms with van der Waals surface area (Å²) >= 11 is 0. The summed E-state index contributed by atoms with van der Waals surface area (Å²) in [6.45, 7) is 6.84. The molecule has 3 rings (SSSR count). The summed E-state index contributed by atoms with van der Waals surface area (Å²) in [6.07, 6.45) is 2.73. The number of hydrogen-bond acceptors (Lipinski definition) is 3. The van der Waals surface area contributed by atoms with Crippen LogP contribution in [0.15, 0.2) is 48.5 Å². The van der Waals surface area contributed by atoms with Gasteiger partial charge in [0.2, 0.25) is 5.91 Å². The Morgan fingerprint density at radius 1 is 1.10 bits per heavy atom. The van der Waals surface area contributed by atoms with Crippen molar-refractivity contribution < 1.29 is 13.9 Å². The molecule has 29 heavy (non-hydrogen) atoms. The van der Waals surface area contributed by atoms with Crippen LogP contribution in [0.25, 0.3) is 0 Å². The molecular weight excluding hydrogens is 367 g/mol. The lowest BCUT2D eigenvalue weighted by Gasteiger charge is -2.27. The fourth-order valence-electron chi connectivity index (χ4n) is 3.72. The Kier molecular flexibility index (Phi) is 7.64. The molecule has 1 fully saturated rings. The summed E-state index contributed by atoms with van der Waals surface area (Å²) in [5.74, 6) is 1.09. The van der Waals surface area contributed by atoms with Crippen LogP contribution in [0.2, 0.25) is 0 Å². The van der Waals surface area contributed by atoms with Crippen molar-refractivity contribution in [2.45, 2.75) is 52.3 Å². The monoisotopic (exact) mass is 398 g/mol. The first-order chi connectivity index (χ1) is 14.0. The van der Waals surface area contributed by atoms with Gasteiger partial charge in [-0.1, -0.05) is 24.3 Å². The quantitative estimate of drug-likeness (QED) is 0.710. The number of nitrogens with zero attached hydrogens (tertiary/aromatic N) is 1. The van der Waals surface area contributed by atoms with E-state index in [1.807, 2.05) is 49.1 Å². The molecule has 0 radical (unpaired) electrons. The predicted molar refractivity (Wildman–Crippen MR) is 113 cm³/mol. The highest BCUT2D eigenvalue weighted by Crippen LogP contribution is 2.21. The lowest BCUT2D eigenvalue weighted by atomic mass is 9.94. The first-order valence-corrected chi connectivity index (χ1v) is 10.5. The highest BCUT2D eigenvalue weighted by Gasteiger charge is 2.21. The molecule has 156 valence electrons. The topological polar surface area (TPSA) is 41.6 Å². The maximum Gasteiger partial charge on any atom is 0.223 e. The number of carbonyl (C=O) groups is 1. The number of hydrogen-bond donors (Lipinski definition) is 1. The van der Waals surface area contributed by atoms with Crippen molar-refractivity contribution in [3.63, 3.8) is 0 Å². The predicted octanol–water partition coefficient (Wildman–Crippen LogP) is 4.53. The van der Waals surface area contributed by atoms with Gasteiger partial charge in [0.25, 0.3) is 0 Å². The van der Waals surface area contributed by atoms with Crippen molar-refractivity contribution in [2.75, 3.05) is 13.1 Å². The molecule has 2 aromatic carbocycles. The Hall–Kier alpha value is -2.40. The highest BCUT2D eigenvalue weighted by molar-refractivity contribution is 5.76. The van der Waals surface area contributed by atoms with Gasteiger partial charge in [0, 0.05) is 19.5 Å². The van der Waals surface area contributed by atoms with Crippen LogP contribution < -0.4 is 10.1 Å². The zero-order chi connectivity index (χ0) is 20.6. The molecule has 0 saturated carbocycles. The van der Waals surface area contributed by atoms with E-state index in [1.54, 1.807) is 6.07 Å². The summed E-state index contributed by atoms with van der Waals surface area (Å²) in [7, 11) is 0. The van der Waals surface area contributed by atoms with E-state index in [4.69, 9.17) is 4.74 Å². The maximum atomic E-state index is 13.6. The molecule has 0 aliphatic carbocycles. The van der Waals surface area contributed by atoms with Crippen LogP contribution >= 0.6 is 0 Å². The van der Waals surface area contributed by atoms with Crippen LogP contribution in [0, 0.1) is 11.7 Å². The van der Waals surface area contributed by atoms with Crippen LogP contribution in [0.1, 0.15) is 44.2 Å². The van der Waals surface area contributed by atoms with E-state index in [2.05, 4.69) is 5.32 Å². The second-order valence-electron chi connectivity index (χ2n) is 8.09. The Labute approximate surface area is 173 Å². The van der Waals surface area contributed by atoms with E-state index in [0.717, 1.165) is 42.8 Å². The Morgan fingerprint density at radius 3 is 2.45 bits per heavy atom. The number of piperidine rings is 1. The fraction of sp³-hybridized carbons (Fsp3) is 0.458. The lowest BCUT2D eigenvalue weighted by molar-refractivity contribution is -0.133. The summed E-state index contributed by atoms with van der Waals surface area (Å²) in [5, 5.41) is 3.34. The van der Waals surface area contributed by atoms with E-state index >= 15 is 0 Å². The van der Waals surface area contributed by atoms with Crippen LogP contribution in [-0.4, -0.2) is 30.0 Å². The molecule has 5 heteroatoms. The van der Waals surface area contributed by atoms with E-state index in [-0.39, 0.29) is 17.8 Å². The van der Waals surface area contributed by atoms with Gasteiger partial charge in [-0.25, -0.2) is 4.39 Å². The minimum absolute atomic E-state index is 0.122. The average molecular weight is 399 g/mol. The smallest absolute Gasteiger partial charge is 0.223 e. The van der Waals surface area contributed by atoms with Crippen LogP contribution in [0.5, 0.6) is 5.75 Å². The van der Waals surface area contributed by atoms with Crippen LogP contribution in [-0.2, 0) is 17.9 Å². The van der Waals surface area contributed by atoms with Crippen molar-refractivity contribution in [3.8, 4) is 5.75 Å². The molecule has 2 aromatic rings. The fourth-order valence-corrected chi connectivity index (χ4v) is 3.72. The standard InChI is InChI=1S/C24H31FN2O2/c1-18(2)29-23-8-6-20(7-9-23)16-27(17-21-4-3-5-22(25)14-21)24(28)15-19-10-12-26-13-11-19/h3-9,14,18-19,26H,10-13,15-17H2,1-2H3. The molecule has 1 saturated heterocycles. The number of carbonyl (C=O) groups excluding carboxylic acids is 1. The molecule has 0 bridgehead atoms. The van der Waals surface area contributed by atoms with Gasteiger partial charge < -0.3 is 15.0 Å². The van der Waals surface area contributed by atoms with Gasteiger partial charge >= 0.3 is 0 Å². The third-order valence-electron chi connectivity index (χ3n) is 5.21. The molecule has 1 amide bonds. The first-order valence-electron chi connectivity index (χ1n) is 10.5. The summed E-state index contributed by atoms with van der Waals surface area (Å²) in [6, 6.07) is 14.4. The van der Waals surface area contributed by atoms with E-state index in [1.165, 1.54) is 12.1 Å². The number of halogens is 1. The summed E-state index contributed by atoms with van der Waals surface area (Å²) in [4.78, 5) is 14.9.